The molecular formula is C15H23N3OS. The van der Waals surface area contributed by atoms with Gasteiger partial charge in [0.1, 0.15) is 4.87 Å². The zero-order chi connectivity index (χ0) is 14.6. The fraction of sp³-hybridized carbons (Fsp3) is 0.533. The van der Waals surface area contributed by atoms with E-state index in [1.54, 1.807) is 12.1 Å². The predicted molar refractivity (Wildman–Crippen MR) is 84.2 cm³/mol. The molecule has 1 aliphatic carbocycles. The quantitative estimate of drug-likeness (QED) is 0.324. The summed E-state index contributed by atoms with van der Waals surface area (Å²) in [5.41, 5.74) is 10.9. The second-order valence-electron chi connectivity index (χ2n) is 5.17. The maximum Gasteiger partial charge on any atom is 0.238 e. The Balaban J connectivity index is 2.17. The number of thiol groups is 1. The number of aryl methyl sites for hydroxylation is 1. The van der Waals surface area contributed by atoms with Crippen molar-refractivity contribution in [1.29, 1.82) is 0 Å². The highest BCUT2D eigenvalue weighted by molar-refractivity contribution is 7.81. The number of nitrogens with two attached hydrogens (primary N) is 1. The van der Waals surface area contributed by atoms with Crippen molar-refractivity contribution in [2.75, 3.05) is 13.6 Å². The first-order valence-corrected chi connectivity index (χ1v) is 7.59. The molecular weight excluding hydrogens is 270 g/mol. The molecule has 0 aromatic heterocycles. The smallest absolute Gasteiger partial charge is 0.238 e. The summed E-state index contributed by atoms with van der Waals surface area (Å²) >= 11 is 4.84. The van der Waals surface area contributed by atoms with Crippen LogP contribution in [0.1, 0.15) is 36.8 Å². The average Bonchev–Trinajstić information content (AvgIpc) is 2.79. The number of carbonyl (C=O) groups is 1. The van der Waals surface area contributed by atoms with Gasteiger partial charge in [-0.3, -0.25) is 9.80 Å². The molecule has 0 heterocycles. The van der Waals surface area contributed by atoms with Gasteiger partial charge in [-0.15, -0.1) is 12.6 Å². The largest absolute Gasteiger partial charge is 0.330 e. The molecule has 4 nitrogen and oxygen atoms in total. The monoisotopic (exact) mass is 293 g/mol. The minimum absolute atomic E-state index is 0.0765. The van der Waals surface area contributed by atoms with Crippen LogP contribution in [0.2, 0.25) is 0 Å². The van der Waals surface area contributed by atoms with Gasteiger partial charge in [0.25, 0.3) is 0 Å². The molecule has 0 radical (unpaired) electrons. The highest BCUT2D eigenvalue weighted by Crippen LogP contribution is 2.44. The summed E-state index contributed by atoms with van der Waals surface area (Å²) in [6.07, 6.45) is 3.98. The molecule has 5 heteroatoms. The van der Waals surface area contributed by atoms with Gasteiger partial charge < -0.3 is 5.73 Å². The first-order chi connectivity index (χ1) is 9.63. The molecule has 0 saturated carbocycles. The number of unbranched alkanes of at least 4 members (excludes halogenated alkanes) is 1. The normalized spacial score (nSPS) is 20.8. The molecule has 0 saturated heterocycles. The molecule has 110 valence electrons. The first-order valence-electron chi connectivity index (χ1n) is 7.14. The number of carbonyl (C=O) groups excluding carboxylic acids is 1. The van der Waals surface area contributed by atoms with Crippen molar-refractivity contribution in [2.45, 2.75) is 37.0 Å². The Kier molecular flexibility index (Phi) is 5.07. The number of benzene rings is 1. The lowest BCUT2D eigenvalue weighted by Gasteiger charge is -2.37. The minimum atomic E-state index is -0.550. The molecule has 1 aromatic carbocycles. The van der Waals surface area contributed by atoms with Gasteiger partial charge in [0.2, 0.25) is 5.91 Å². The minimum Gasteiger partial charge on any atom is -0.330 e. The van der Waals surface area contributed by atoms with E-state index in [0.717, 1.165) is 31.2 Å². The van der Waals surface area contributed by atoms with E-state index in [1.807, 2.05) is 12.1 Å². The predicted octanol–water partition coefficient (Wildman–Crippen LogP) is 1.81. The zero-order valence-corrected chi connectivity index (χ0v) is 12.8. The first kappa shape index (κ1) is 15.4. The van der Waals surface area contributed by atoms with Crippen molar-refractivity contribution in [3.05, 3.63) is 35.4 Å². The SMILES string of the molecule is CNN(C(=O)CCCCN)C1(S)CCc2ccccc21. The molecule has 3 N–H and O–H groups in total. The van der Waals surface area contributed by atoms with E-state index in [-0.39, 0.29) is 5.91 Å². The topological polar surface area (TPSA) is 58.4 Å². The van der Waals surface area contributed by atoms with Crippen molar-refractivity contribution in [3.63, 3.8) is 0 Å². The van der Waals surface area contributed by atoms with Crippen LogP contribution in [0.5, 0.6) is 0 Å². The Morgan fingerprint density at radius 1 is 1.45 bits per heavy atom. The van der Waals surface area contributed by atoms with Crippen molar-refractivity contribution < 1.29 is 4.79 Å². The number of fused-ring (bicyclic) bond motifs is 1. The molecule has 20 heavy (non-hydrogen) atoms. The molecule has 2 rings (SSSR count). The van der Waals surface area contributed by atoms with Crippen LogP contribution in [0.3, 0.4) is 0 Å². The second-order valence-corrected chi connectivity index (χ2v) is 5.91. The van der Waals surface area contributed by atoms with Gasteiger partial charge in [-0.25, -0.2) is 5.43 Å². The third-order valence-corrected chi connectivity index (χ3v) is 4.54. The number of nitrogens with one attached hydrogen (secondary N) is 1. The molecule has 0 aliphatic heterocycles. The Hall–Kier alpha value is -1.04. The Bertz CT molecular complexity index is 480. The van der Waals surface area contributed by atoms with Crippen molar-refractivity contribution in [2.24, 2.45) is 5.73 Å². The Morgan fingerprint density at radius 2 is 2.20 bits per heavy atom. The molecule has 1 aliphatic rings. The van der Waals surface area contributed by atoms with Gasteiger partial charge in [-0.2, -0.15) is 0 Å². The maximum atomic E-state index is 12.4. The summed E-state index contributed by atoms with van der Waals surface area (Å²) in [6, 6.07) is 8.21. The van der Waals surface area contributed by atoms with E-state index in [2.05, 4.69) is 17.6 Å². The molecule has 1 unspecified atom stereocenters. The van der Waals surface area contributed by atoms with Crippen LogP contribution in [-0.4, -0.2) is 24.5 Å². The number of rotatable bonds is 6. The van der Waals surface area contributed by atoms with Gasteiger partial charge >= 0.3 is 0 Å². The molecule has 0 fully saturated rings. The Morgan fingerprint density at radius 3 is 2.90 bits per heavy atom. The van der Waals surface area contributed by atoms with Crippen LogP contribution >= 0.6 is 12.6 Å². The standard InChI is InChI=1S/C15H23N3OS/c1-17-18(14(19)8-4-5-11-16)15(20)10-9-12-6-2-3-7-13(12)15/h2-3,6-7,17,20H,4-5,8-11,16H2,1H3. The van der Waals surface area contributed by atoms with Crippen LogP contribution in [0.25, 0.3) is 0 Å². The van der Waals surface area contributed by atoms with Crippen LogP contribution in [0.15, 0.2) is 24.3 Å². The highest BCUT2D eigenvalue weighted by Gasteiger charge is 2.42. The van der Waals surface area contributed by atoms with Crippen LogP contribution in [-0.2, 0) is 16.1 Å². The molecule has 0 spiro atoms. The molecule has 1 aromatic rings. The third-order valence-electron chi connectivity index (χ3n) is 3.88. The van der Waals surface area contributed by atoms with E-state index in [1.165, 1.54) is 5.56 Å². The van der Waals surface area contributed by atoms with Crippen LogP contribution in [0.4, 0.5) is 0 Å². The van der Waals surface area contributed by atoms with E-state index in [0.29, 0.717) is 13.0 Å². The molecule has 1 atom stereocenters. The van der Waals surface area contributed by atoms with E-state index >= 15 is 0 Å². The van der Waals surface area contributed by atoms with Crippen molar-refractivity contribution in [3.8, 4) is 0 Å². The summed E-state index contributed by atoms with van der Waals surface area (Å²) in [5.74, 6) is 0.0765. The molecule has 1 amide bonds. The van der Waals surface area contributed by atoms with E-state index < -0.39 is 4.87 Å². The van der Waals surface area contributed by atoms with Gasteiger partial charge in [0, 0.05) is 13.5 Å². The van der Waals surface area contributed by atoms with Crippen LogP contribution in [0, 0.1) is 0 Å². The number of amides is 1. The van der Waals surface area contributed by atoms with Gasteiger partial charge in [0.05, 0.1) is 0 Å². The van der Waals surface area contributed by atoms with Gasteiger partial charge in [0.15, 0.2) is 0 Å². The number of hydrazine groups is 1. The summed E-state index contributed by atoms with van der Waals surface area (Å²) < 4.78 is 0. The van der Waals surface area contributed by atoms with Gasteiger partial charge in [-0.1, -0.05) is 24.3 Å². The fourth-order valence-electron chi connectivity index (χ4n) is 2.85. The lowest BCUT2D eigenvalue weighted by molar-refractivity contribution is -0.138. The van der Waals surface area contributed by atoms with Crippen molar-refractivity contribution in [1.82, 2.24) is 10.4 Å². The van der Waals surface area contributed by atoms with Gasteiger partial charge in [-0.05, 0) is 43.4 Å². The maximum absolute atomic E-state index is 12.4. The number of hydrogen-bond donors (Lipinski definition) is 3. The number of hydrogen-bond acceptors (Lipinski definition) is 4. The van der Waals surface area contributed by atoms with E-state index in [9.17, 15) is 4.79 Å². The second kappa shape index (κ2) is 6.61. The lowest BCUT2D eigenvalue weighted by atomic mass is 10.1. The summed E-state index contributed by atoms with van der Waals surface area (Å²) in [6.45, 7) is 0.627. The zero-order valence-electron chi connectivity index (χ0n) is 11.9. The van der Waals surface area contributed by atoms with Crippen LogP contribution < -0.4 is 11.2 Å². The summed E-state index contributed by atoms with van der Waals surface area (Å²) in [5, 5.41) is 1.68. The van der Waals surface area contributed by atoms with E-state index in [4.69, 9.17) is 18.4 Å². The third kappa shape index (κ3) is 2.85. The number of nitrogens with zero attached hydrogens (tertiary/aromatic N) is 1. The molecule has 0 bridgehead atoms. The highest BCUT2D eigenvalue weighted by atomic mass is 32.1. The fourth-order valence-corrected chi connectivity index (χ4v) is 3.39. The summed E-state index contributed by atoms with van der Waals surface area (Å²) in [4.78, 5) is 11.9. The lowest BCUT2D eigenvalue weighted by Crippen LogP contribution is -2.51. The average molecular weight is 293 g/mol. The Labute approximate surface area is 126 Å². The summed E-state index contributed by atoms with van der Waals surface area (Å²) in [7, 11) is 1.78. The van der Waals surface area contributed by atoms with Crippen molar-refractivity contribution >= 4 is 18.5 Å².